The third kappa shape index (κ3) is 4.35. The zero-order chi connectivity index (χ0) is 20.9. The van der Waals surface area contributed by atoms with Crippen molar-refractivity contribution in [1.29, 1.82) is 0 Å². The lowest BCUT2D eigenvalue weighted by Crippen LogP contribution is -2.48. The minimum atomic E-state index is -0.119. The van der Waals surface area contributed by atoms with E-state index in [2.05, 4.69) is 10.2 Å². The minimum absolute atomic E-state index is 0.103. The number of benzene rings is 3. The fraction of sp³-hybridized carbons (Fsp3) is 0.200. The molecule has 5 nitrogen and oxygen atoms in total. The highest BCUT2D eigenvalue weighted by atomic mass is 16.2. The predicted octanol–water partition coefficient (Wildman–Crippen LogP) is 4.21. The number of carbonyl (C=O) groups excluding carboxylic acids is 2. The van der Waals surface area contributed by atoms with Gasteiger partial charge in [-0.3, -0.25) is 9.59 Å². The summed E-state index contributed by atoms with van der Waals surface area (Å²) < 4.78 is 0. The number of aryl methyl sites for hydroxylation is 1. The first-order valence-electron chi connectivity index (χ1n) is 10.2. The van der Waals surface area contributed by atoms with Gasteiger partial charge in [0.2, 0.25) is 0 Å². The van der Waals surface area contributed by atoms with Gasteiger partial charge in [0.1, 0.15) is 0 Å². The van der Waals surface area contributed by atoms with Gasteiger partial charge in [0.05, 0.1) is 0 Å². The van der Waals surface area contributed by atoms with Crippen molar-refractivity contribution in [1.82, 2.24) is 4.90 Å². The highest BCUT2D eigenvalue weighted by molar-refractivity contribution is 6.04. The summed E-state index contributed by atoms with van der Waals surface area (Å²) in [5.41, 5.74) is 4.29. The zero-order valence-corrected chi connectivity index (χ0v) is 17.0. The highest BCUT2D eigenvalue weighted by Gasteiger charge is 2.23. The Labute approximate surface area is 176 Å². The molecule has 0 aromatic heterocycles. The van der Waals surface area contributed by atoms with Crippen molar-refractivity contribution in [3.05, 3.63) is 95.6 Å². The van der Waals surface area contributed by atoms with Gasteiger partial charge >= 0.3 is 0 Å². The van der Waals surface area contributed by atoms with Gasteiger partial charge in [0.15, 0.2) is 0 Å². The van der Waals surface area contributed by atoms with Crippen molar-refractivity contribution in [2.75, 3.05) is 36.4 Å². The Bertz CT molecular complexity index is 1020. The van der Waals surface area contributed by atoms with E-state index in [1.54, 1.807) is 12.1 Å². The first-order chi connectivity index (χ1) is 14.6. The third-order valence-electron chi connectivity index (χ3n) is 5.47. The summed E-state index contributed by atoms with van der Waals surface area (Å²) in [7, 11) is 0. The molecule has 3 aromatic rings. The molecule has 0 aliphatic carbocycles. The molecular weight excluding hydrogens is 374 g/mol. The van der Waals surface area contributed by atoms with Gasteiger partial charge in [0, 0.05) is 48.7 Å². The fourth-order valence-electron chi connectivity index (χ4n) is 3.70. The predicted molar refractivity (Wildman–Crippen MR) is 120 cm³/mol. The van der Waals surface area contributed by atoms with Crippen LogP contribution in [-0.2, 0) is 0 Å². The Morgan fingerprint density at radius 2 is 1.40 bits per heavy atom. The van der Waals surface area contributed by atoms with Crippen LogP contribution in [0.3, 0.4) is 0 Å². The fourth-order valence-corrected chi connectivity index (χ4v) is 3.70. The average Bonchev–Trinajstić information content (AvgIpc) is 2.80. The number of amides is 2. The molecule has 1 aliphatic rings. The number of carbonyl (C=O) groups is 2. The first-order valence-corrected chi connectivity index (χ1v) is 10.2. The molecule has 1 saturated heterocycles. The van der Waals surface area contributed by atoms with Gasteiger partial charge in [-0.1, -0.05) is 36.4 Å². The number of nitrogens with zero attached hydrogens (tertiary/aromatic N) is 2. The van der Waals surface area contributed by atoms with E-state index in [4.69, 9.17) is 0 Å². The normalized spacial score (nSPS) is 13.8. The molecule has 0 radical (unpaired) electrons. The first kappa shape index (κ1) is 19.7. The van der Waals surface area contributed by atoms with Crippen LogP contribution in [0.4, 0.5) is 11.4 Å². The summed E-state index contributed by atoms with van der Waals surface area (Å²) in [5.74, 6) is -0.0154. The number of hydrogen-bond donors (Lipinski definition) is 1. The van der Waals surface area contributed by atoms with Crippen LogP contribution in [0.25, 0.3) is 0 Å². The van der Waals surface area contributed by atoms with Gasteiger partial charge in [-0.25, -0.2) is 0 Å². The maximum absolute atomic E-state index is 12.8. The van der Waals surface area contributed by atoms with Gasteiger partial charge in [-0.15, -0.1) is 0 Å². The molecule has 152 valence electrons. The largest absolute Gasteiger partial charge is 0.368 e. The van der Waals surface area contributed by atoms with Gasteiger partial charge in [-0.2, -0.15) is 0 Å². The van der Waals surface area contributed by atoms with Crippen molar-refractivity contribution < 1.29 is 9.59 Å². The van der Waals surface area contributed by atoms with E-state index in [-0.39, 0.29) is 11.8 Å². The van der Waals surface area contributed by atoms with E-state index < -0.39 is 0 Å². The summed E-state index contributed by atoms with van der Waals surface area (Å²) in [5, 5.41) is 2.92. The molecule has 5 heteroatoms. The molecule has 0 bridgehead atoms. The van der Waals surface area contributed by atoms with E-state index in [1.165, 1.54) is 0 Å². The summed E-state index contributed by atoms with van der Waals surface area (Å²) in [4.78, 5) is 29.3. The molecule has 30 heavy (non-hydrogen) atoms. The third-order valence-corrected chi connectivity index (χ3v) is 5.47. The van der Waals surface area contributed by atoms with E-state index in [0.29, 0.717) is 18.7 Å². The van der Waals surface area contributed by atoms with Crippen LogP contribution in [0.1, 0.15) is 26.3 Å². The molecule has 0 saturated carbocycles. The molecule has 4 rings (SSSR count). The molecule has 1 heterocycles. The number of anilines is 2. The van der Waals surface area contributed by atoms with Crippen molar-refractivity contribution in [2.24, 2.45) is 0 Å². The Balaban J connectivity index is 1.34. The second-order valence-corrected chi connectivity index (χ2v) is 7.46. The van der Waals surface area contributed by atoms with Crippen molar-refractivity contribution in [2.45, 2.75) is 6.92 Å². The molecule has 1 fully saturated rings. The quantitative estimate of drug-likeness (QED) is 0.715. The topological polar surface area (TPSA) is 52.7 Å². The molecular formula is C25H25N3O2. The lowest BCUT2D eigenvalue weighted by atomic mass is 10.1. The summed E-state index contributed by atoms with van der Waals surface area (Å²) in [6, 6.07) is 24.8. The molecule has 1 aliphatic heterocycles. The standard InChI is InChI=1S/C25H25N3O2/c1-19-7-5-6-10-23(19)25(30)28-17-15-27(16-18-28)22-13-11-21(12-14-22)26-24(29)20-8-3-2-4-9-20/h2-14H,15-18H2,1H3,(H,26,29). The van der Waals surface area contributed by atoms with Gasteiger partial charge in [-0.05, 0) is 55.0 Å². The summed E-state index contributed by atoms with van der Waals surface area (Å²) in [6.07, 6.45) is 0. The molecule has 2 amide bonds. The van der Waals surface area contributed by atoms with Gasteiger partial charge in [0.25, 0.3) is 11.8 Å². The lowest BCUT2D eigenvalue weighted by Gasteiger charge is -2.36. The van der Waals surface area contributed by atoms with Crippen LogP contribution in [0.5, 0.6) is 0 Å². The molecule has 0 spiro atoms. The number of nitrogens with one attached hydrogen (secondary N) is 1. The Kier molecular flexibility index (Phi) is 5.80. The average molecular weight is 399 g/mol. The Hall–Kier alpha value is -3.60. The highest BCUT2D eigenvalue weighted by Crippen LogP contribution is 2.21. The molecule has 3 aromatic carbocycles. The molecule has 1 N–H and O–H groups in total. The van der Waals surface area contributed by atoms with Crippen LogP contribution in [0, 0.1) is 6.92 Å². The van der Waals surface area contributed by atoms with E-state index in [0.717, 1.165) is 35.6 Å². The van der Waals surface area contributed by atoms with Crippen molar-refractivity contribution in [3.8, 4) is 0 Å². The van der Waals surface area contributed by atoms with Crippen LogP contribution in [-0.4, -0.2) is 42.9 Å². The van der Waals surface area contributed by atoms with Crippen LogP contribution in [0.2, 0.25) is 0 Å². The monoisotopic (exact) mass is 399 g/mol. The summed E-state index contributed by atoms with van der Waals surface area (Å²) >= 11 is 0. The number of hydrogen-bond acceptors (Lipinski definition) is 3. The van der Waals surface area contributed by atoms with Crippen LogP contribution < -0.4 is 10.2 Å². The summed E-state index contributed by atoms with van der Waals surface area (Å²) in [6.45, 7) is 4.93. The van der Waals surface area contributed by atoms with E-state index in [1.807, 2.05) is 78.6 Å². The second kappa shape index (κ2) is 8.82. The smallest absolute Gasteiger partial charge is 0.255 e. The maximum Gasteiger partial charge on any atom is 0.255 e. The van der Waals surface area contributed by atoms with E-state index in [9.17, 15) is 9.59 Å². The van der Waals surface area contributed by atoms with Crippen LogP contribution >= 0.6 is 0 Å². The van der Waals surface area contributed by atoms with E-state index >= 15 is 0 Å². The lowest BCUT2D eigenvalue weighted by molar-refractivity contribution is 0.0746. The van der Waals surface area contributed by atoms with Crippen molar-refractivity contribution >= 4 is 23.2 Å². The zero-order valence-electron chi connectivity index (χ0n) is 17.0. The second-order valence-electron chi connectivity index (χ2n) is 7.46. The van der Waals surface area contributed by atoms with Gasteiger partial charge < -0.3 is 15.1 Å². The van der Waals surface area contributed by atoms with Crippen LogP contribution in [0.15, 0.2) is 78.9 Å². The van der Waals surface area contributed by atoms with Crippen molar-refractivity contribution in [3.63, 3.8) is 0 Å². The molecule has 0 unspecified atom stereocenters. The SMILES string of the molecule is Cc1ccccc1C(=O)N1CCN(c2ccc(NC(=O)c3ccccc3)cc2)CC1. The Morgan fingerprint density at radius 3 is 2.07 bits per heavy atom. The number of rotatable bonds is 4. The molecule has 0 atom stereocenters. The Morgan fingerprint density at radius 1 is 0.767 bits per heavy atom. The maximum atomic E-state index is 12.8. The number of piperazine rings is 1. The minimum Gasteiger partial charge on any atom is -0.368 e.